The highest BCUT2D eigenvalue weighted by atomic mass is 32.2. The van der Waals surface area contributed by atoms with Crippen LogP contribution >= 0.6 is 11.3 Å². The number of fused-ring (bicyclic) bond motifs is 1. The van der Waals surface area contributed by atoms with E-state index in [2.05, 4.69) is 10.3 Å². The number of carbonyl (C=O) groups is 1. The molecule has 7 nitrogen and oxygen atoms in total. The minimum atomic E-state index is -3.76. The summed E-state index contributed by atoms with van der Waals surface area (Å²) in [6.07, 6.45) is -0.419. The molecule has 30 heavy (non-hydrogen) atoms. The van der Waals surface area contributed by atoms with Gasteiger partial charge < -0.3 is 4.74 Å². The van der Waals surface area contributed by atoms with Crippen LogP contribution in [0.5, 0.6) is 0 Å². The maximum absolute atomic E-state index is 13.4. The summed E-state index contributed by atoms with van der Waals surface area (Å²) in [4.78, 5) is 17.0. The van der Waals surface area contributed by atoms with Gasteiger partial charge in [0.2, 0.25) is 10.0 Å². The number of ether oxygens (including phenoxy) is 1. The van der Waals surface area contributed by atoms with Crippen molar-refractivity contribution in [2.45, 2.75) is 31.0 Å². The molecule has 2 atom stereocenters. The lowest BCUT2D eigenvalue weighted by molar-refractivity contribution is -0.0440. The Labute approximate surface area is 177 Å². The molecule has 1 fully saturated rings. The van der Waals surface area contributed by atoms with Gasteiger partial charge in [-0.3, -0.25) is 10.1 Å². The predicted octanol–water partition coefficient (Wildman–Crippen LogP) is 3.49. The first-order valence-corrected chi connectivity index (χ1v) is 11.6. The molecule has 3 aromatic rings. The van der Waals surface area contributed by atoms with Crippen LogP contribution in [0.3, 0.4) is 0 Å². The maximum atomic E-state index is 13.4. The molecule has 1 amide bonds. The van der Waals surface area contributed by atoms with Crippen LogP contribution in [0.25, 0.3) is 10.2 Å². The number of nitrogens with zero attached hydrogens (tertiary/aromatic N) is 2. The Balaban J connectivity index is 1.56. The van der Waals surface area contributed by atoms with Gasteiger partial charge in [-0.25, -0.2) is 17.8 Å². The Bertz CT molecular complexity index is 1200. The fraction of sp³-hybridized carbons (Fsp3) is 0.300. The first kappa shape index (κ1) is 20.9. The number of sulfonamides is 1. The lowest BCUT2D eigenvalue weighted by atomic mass is 10.2. The van der Waals surface area contributed by atoms with E-state index in [9.17, 15) is 17.6 Å². The number of amides is 1. The highest BCUT2D eigenvalue weighted by Crippen LogP contribution is 2.27. The van der Waals surface area contributed by atoms with Crippen molar-refractivity contribution in [1.82, 2.24) is 9.29 Å². The molecule has 2 heterocycles. The fourth-order valence-electron chi connectivity index (χ4n) is 3.40. The Hall–Kier alpha value is -2.40. The molecule has 0 unspecified atom stereocenters. The predicted molar refractivity (Wildman–Crippen MR) is 113 cm³/mol. The summed E-state index contributed by atoms with van der Waals surface area (Å²) in [7, 11) is -3.76. The van der Waals surface area contributed by atoms with Crippen LogP contribution in [0.15, 0.2) is 47.4 Å². The number of hydrogen-bond acceptors (Lipinski definition) is 6. The summed E-state index contributed by atoms with van der Waals surface area (Å²) in [6.45, 7) is 4.16. The van der Waals surface area contributed by atoms with E-state index in [-0.39, 0.29) is 41.6 Å². The molecular formula is C20H20FN3O4S2. The number of halogens is 1. The average molecular weight is 450 g/mol. The number of carbonyl (C=O) groups excluding carboxylic acids is 1. The van der Waals surface area contributed by atoms with Crippen LogP contribution in [-0.4, -0.2) is 48.9 Å². The van der Waals surface area contributed by atoms with E-state index in [0.717, 1.165) is 11.3 Å². The van der Waals surface area contributed by atoms with Crippen molar-refractivity contribution in [3.8, 4) is 0 Å². The van der Waals surface area contributed by atoms with E-state index in [1.165, 1.54) is 46.8 Å². The minimum absolute atomic E-state index is 0.0443. The third-order valence-corrected chi connectivity index (χ3v) is 7.45. The summed E-state index contributed by atoms with van der Waals surface area (Å²) in [5, 5.41) is 2.97. The first-order valence-electron chi connectivity index (χ1n) is 9.35. The van der Waals surface area contributed by atoms with Gasteiger partial charge in [0.1, 0.15) is 5.82 Å². The van der Waals surface area contributed by atoms with E-state index in [0.29, 0.717) is 15.3 Å². The van der Waals surface area contributed by atoms with Crippen LogP contribution in [0, 0.1) is 5.82 Å². The van der Waals surface area contributed by atoms with Crippen LogP contribution in [0.4, 0.5) is 9.52 Å². The molecule has 1 aliphatic heterocycles. The van der Waals surface area contributed by atoms with E-state index in [1.54, 1.807) is 0 Å². The van der Waals surface area contributed by atoms with Crippen LogP contribution in [-0.2, 0) is 14.8 Å². The highest BCUT2D eigenvalue weighted by molar-refractivity contribution is 7.89. The van der Waals surface area contributed by atoms with Gasteiger partial charge in [0, 0.05) is 18.7 Å². The monoisotopic (exact) mass is 449 g/mol. The number of rotatable bonds is 4. The molecule has 158 valence electrons. The van der Waals surface area contributed by atoms with E-state index >= 15 is 0 Å². The second kappa shape index (κ2) is 8.03. The van der Waals surface area contributed by atoms with Gasteiger partial charge in [-0.15, -0.1) is 0 Å². The zero-order valence-electron chi connectivity index (χ0n) is 16.3. The Morgan fingerprint density at radius 2 is 1.93 bits per heavy atom. The highest BCUT2D eigenvalue weighted by Gasteiger charge is 2.32. The summed E-state index contributed by atoms with van der Waals surface area (Å²) in [5.74, 6) is -0.871. The van der Waals surface area contributed by atoms with Gasteiger partial charge in [-0.1, -0.05) is 17.4 Å². The van der Waals surface area contributed by atoms with Gasteiger partial charge >= 0.3 is 0 Å². The van der Waals surface area contributed by atoms with Crippen molar-refractivity contribution in [1.29, 1.82) is 0 Å². The second-order valence-corrected chi connectivity index (χ2v) is 10.2. The summed E-state index contributed by atoms with van der Waals surface area (Å²) in [5.41, 5.74) is 0.763. The Morgan fingerprint density at radius 1 is 1.20 bits per heavy atom. The molecule has 2 aromatic carbocycles. The topological polar surface area (TPSA) is 88.6 Å². The smallest absolute Gasteiger partial charge is 0.257 e. The molecule has 0 bridgehead atoms. The van der Waals surface area contributed by atoms with E-state index in [4.69, 9.17) is 4.74 Å². The summed E-state index contributed by atoms with van der Waals surface area (Å²) >= 11 is 1.14. The van der Waals surface area contributed by atoms with Gasteiger partial charge in [0.05, 0.1) is 27.3 Å². The normalized spacial score (nSPS) is 20.4. The number of benzene rings is 2. The molecule has 0 aliphatic carbocycles. The molecule has 1 saturated heterocycles. The van der Waals surface area contributed by atoms with Crippen molar-refractivity contribution in [2.75, 3.05) is 18.4 Å². The maximum Gasteiger partial charge on any atom is 0.257 e. The zero-order chi connectivity index (χ0) is 21.5. The minimum Gasteiger partial charge on any atom is -0.373 e. The standard InChI is InChI=1S/C20H20FN3O4S2/c1-12-10-24(11-13(2)28-12)30(26,27)16-5-3-4-14(8-16)19(25)23-20-22-17-7-6-15(21)9-18(17)29-20/h3-9,12-13H,10-11H2,1-2H3,(H,22,23,25)/t12-,13+. The summed E-state index contributed by atoms with van der Waals surface area (Å²) in [6, 6.07) is 10.1. The lowest BCUT2D eigenvalue weighted by Gasteiger charge is -2.34. The number of nitrogens with one attached hydrogen (secondary N) is 1. The molecule has 0 radical (unpaired) electrons. The van der Waals surface area contributed by atoms with E-state index < -0.39 is 15.9 Å². The molecule has 4 rings (SSSR count). The Morgan fingerprint density at radius 3 is 2.67 bits per heavy atom. The number of anilines is 1. The van der Waals surface area contributed by atoms with Gasteiger partial charge in [-0.05, 0) is 50.2 Å². The van der Waals surface area contributed by atoms with Crippen LogP contribution in [0.1, 0.15) is 24.2 Å². The van der Waals surface area contributed by atoms with Crippen molar-refractivity contribution in [2.24, 2.45) is 0 Å². The van der Waals surface area contributed by atoms with Crippen molar-refractivity contribution >= 4 is 42.6 Å². The Kier molecular flexibility index (Phi) is 5.58. The fourth-order valence-corrected chi connectivity index (χ4v) is 5.92. The molecule has 0 saturated carbocycles. The number of thiazole rings is 1. The van der Waals surface area contributed by atoms with E-state index in [1.807, 2.05) is 13.8 Å². The third-order valence-electron chi connectivity index (χ3n) is 4.69. The SMILES string of the molecule is C[C@@H]1CN(S(=O)(=O)c2cccc(C(=O)Nc3nc4ccc(F)cc4s3)c2)C[C@H](C)O1. The van der Waals surface area contributed by atoms with Crippen molar-refractivity contribution in [3.05, 3.63) is 53.8 Å². The van der Waals surface area contributed by atoms with Gasteiger partial charge in [0.25, 0.3) is 5.91 Å². The first-order chi connectivity index (χ1) is 14.2. The van der Waals surface area contributed by atoms with Crippen LogP contribution < -0.4 is 5.32 Å². The summed E-state index contributed by atoms with van der Waals surface area (Å²) < 4.78 is 47.1. The third kappa shape index (κ3) is 4.22. The largest absolute Gasteiger partial charge is 0.373 e. The number of hydrogen-bond donors (Lipinski definition) is 1. The molecular weight excluding hydrogens is 429 g/mol. The number of aromatic nitrogens is 1. The molecule has 0 spiro atoms. The van der Waals surface area contributed by atoms with Gasteiger partial charge in [0.15, 0.2) is 5.13 Å². The average Bonchev–Trinajstić information content (AvgIpc) is 3.08. The second-order valence-electron chi connectivity index (χ2n) is 7.19. The van der Waals surface area contributed by atoms with Crippen molar-refractivity contribution < 1.29 is 22.3 Å². The zero-order valence-corrected chi connectivity index (χ0v) is 18.0. The molecule has 1 N–H and O–H groups in total. The van der Waals surface area contributed by atoms with Crippen LogP contribution in [0.2, 0.25) is 0 Å². The van der Waals surface area contributed by atoms with Gasteiger partial charge in [-0.2, -0.15) is 4.31 Å². The molecule has 1 aliphatic rings. The quantitative estimate of drug-likeness (QED) is 0.659. The lowest BCUT2D eigenvalue weighted by Crippen LogP contribution is -2.48. The molecule has 10 heteroatoms. The number of morpholine rings is 1. The molecule has 1 aromatic heterocycles. The van der Waals surface area contributed by atoms with Crippen molar-refractivity contribution in [3.63, 3.8) is 0 Å².